The van der Waals surface area contributed by atoms with E-state index < -0.39 is 0 Å². The summed E-state index contributed by atoms with van der Waals surface area (Å²) < 4.78 is 5.80. The van der Waals surface area contributed by atoms with Gasteiger partial charge in [0, 0.05) is 23.0 Å². The molecule has 3 heterocycles. The maximum absolute atomic E-state index is 6.39. The van der Waals surface area contributed by atoms with Crippen molar-refractivity contribution < 1.29 is 4.74 Å². The number of hydrogen-bond acceptors (Lipinski definition) is 4. The number of fused-ring (bicyclic) bond motifs is 2. The monoisotopic (exact) mass is 210 g/mol. The summed E-state index contributed by atoms with van der Waals surface area (Å²) in [7, 11) is 0. The maximum Gasteiger partial charge on any atom is 0.0794 e. The smallest absolute Gasteiger partial charge is 0.0794 e. The van der Waals surface area contributed by atoms with Crippen molar-refractivity contribution in [3.05, 3.63) is 16.6 Å². The summed E-state index contributed by atoms with van der Waals surface area (Å²) in [6.45, 7) is 0. The first kappa shape index (κ1) is 8.83. The molecule has 76 valence electrons. The fourth-order valence-corrected chi connectivity index (χ4v) is 3.40. The van der Waals surface area contributed by atoms with Gasteiger partial charge in [0.1, 0.15) is 0 Å². The summed E-state index contributed by atoms with van der Waals surface area (Å²) in [5.74, 6) is 0. The lowest BCUT2D eigenvalue weighted by Crippen LogP contribution is -2.50. The van der Waals surface area contributed by atoms with Gasteiger partial charge in [-0.05, 0) is 19.3 Å². The number of nitrogens with zero attached hydrogens (tertiary/aromatic N) is 1. The van der Waals surface area contributed by atoms with Crippen molar-refractivity contribution in [2.75, 3.05) is 0 Å². The van der Waals surface area contributed by atoms with E-state index in [9.17, 15) is 0 Å². The van der Waals surface area contributed by atoms with Gasteiger partial charge in [-0.1, -0.05) is 0 Å². The van der Waals surface area contributed by atoms with Crippen LogP contribution in [0.3, 0.4) is 0 Å². The van der Waals surface area contributed by atoms with Gasteiger partial charge in [0.2, 0.25) is 0 Å². The lowest BCUT2D eigenvalue weighted by Gasteiger charge is -2.30. The highest BCUT2D eigenvalue weighted by Crippen LogP contribution is 2.42. The molecule has 2 saturated heterocycles. The molecule has 1 aromatic heterocycles. The van der Waals surface area contributed by atoms with Crippen LogP contribution in [0, 0.1) is 0 Å². The van der Waals surface area contributed by atoms with E-state index in [0.29, 0.717) is 6.10 Å². The Morgan fingerprint density at radius 2 is 2.57 bits per heavy atom. The minimum atomic E-state index is -0.116. The quantitative estimate of drug-likeness (QED) is 0.801. The Bertz CT molecular complexity index is 327. The van der Waals surface area contributed by atoms with Gasteiger partial charge in [-0.25, -0.2) is 0 Å². The number of thiazole rings is 1. The highest BCUT2D eigenvalue weighted by molar-refractivity contribution is 7.09. The third kappa shape index (κ3) is 1.29. The van der Waals surface area contributed by atoms with Crippen LogP contribution in [0.5, 0.6) is 0 Å². The SMILES string of the molecule is NC1(Cc2cncs2)CC2CCC1O2. The van der Waals surface area contributed by atoms with Crippen molar-refractivity contribution in [1.29, 1.82) is 0 Å². The number of aromatic nitrogens is 1. The van der Waals surface area contributed by atoms with Gasteiger partial charge in [0.25, 0.3) is 0 Å². The van der Waals surface area contributed by atoms with Crippen LogP contribution in [0.15, 0.2) is 11.7 Å². The average Bonchev–Trinajstić information content (AvgIpc) is 2.78. The van der Waals surface area contributed by atoms with Crippen LogP contribution in [-0.4, -0.2) is 22.7 Å². The fourth-order valence-electron chi connectivity index (χ4n) is 2.67. The molecule has 0 aliphatic carbocycles. The van der Waals surface area contributed by atoms with Gasteiger partial charge < -0.3 is 10.5 Å². The Labute approximate surface area is 87.3 Å². The van der Waals surface area contributed by atoms with E-state index in [1.165, 1.54) is 11.3 Å². The molecule has 3 nitrogen and oxygen atoms in total. The van der Waals surface area contributed by atoms with Crippen LogP contribution in [-0.2, 0) is 11.2 Å². The second kappa shape index (κ2) is 3.02. The van der Waals surface area contributed by atoms with Gasteiger partial charge in [-0.2, -0.15) is 0 Å². The second-order valence-electron chi connectivity index (χ2n) is 4.41. The first-order valence-electron chi connectivity index (χ1n) is 5.08. The molecule has 3 unspecified atom stereocenters. The average molecular weight is 210 g/mol. The number of ether oxygens (including phenoxy) is 1. The van der Waals surface area contributed by atoms with Crippen molar-refractivity contribution in [3.63, 3.8) is 0 Å². The highest BCUT2D eigenvalue weighted by atomic mass is 32.1. The zero-order chi connectivity index (χ0) is 9.60. The van der Waals surface area contributed by atoms with Crippen LogP contribution in [0.4, 0.5) is 0 Å². The molecule has 1 aromatic rings. The van der Waals surface area contributed by atoms with Crippen LogP contribution in [0.2, 0.25) is 0 Å². The second-order valence-corrected chi connectivity index (χ2v) is 5.38. The summed E-state index contributed by atoms with van der Waals surface area (Å²) in [5, 5.41) is 0. The lowest BCUT2D eigenvalue weighted by molar-refractivity contribution is 0.0858. The van der Waals surface area contributed by atoms with Crippen molar-refractivity contribution >= 4 is 11.3 Å². The molecule has 2 bridgehead atoms. The van der Waals surface area contributed by atoms with E-state index in [2.05, 4.69) is 4.98 Å². The third-order valence-corrected chi connectivity index (χ3v) is 4.12. The molecule has 2 fully saturated rings. The standard InChI is InChI=1S/C10H14N2OS/c11-10(4-8-5-12-6-14-8)3-7-1-2-9(10)13-7/h5-7,9H,1-4,11H2. The van der Waals surface area contributed by atoms with Gasteiger partial charge in [-0.3, -0.25) is 4.98 Å². The third-order valence-electron chi connectivity index (χ3n) is 3.34. The molecule has 0 radical (unpaired) electrons. The molecule has 0 saturated carbocycles. The summed E-state index contributed by atoms with van der Waals surface area (Å²) >= 11 is 1.69. The van der Waals surface area contributed by atoms with Gasteiger partial charge >= 0.3 is 0 Å². The Morgan fingerprint density at radius 3 is 3.14 bits per heavy atom. The van der Waals surface area contributed by atoms with Gasteiger partial charge in [-0.15, -0.1) is 11.3 Å². The van der Waals surface area contributed by atoms with E-state index in [4.69, 9.17) is 10.5 Å². The Balaban J connectivity index is 1.78. The molecule has 14 heavy (non-hydrogen) atoms. The number of hydrogen-bond donors (Lipinski definition) is 1. The van der Waals surface area contributed by atoms with E-state index in [1.54, 1.807) is 11.3 Å². The van der Waals surface area contributed by atoms with Gasteiger partial charge in [0.15, 0.2) is 0 Å². The number of rotatable bonds is 2. The van der Waals surface area contributed by atoms with Crippen molar-refractivity contribution in [2.45, 2.75) is 43.4 Å². The zero-order valence-corrected chi connectivity index (χ0v) is 8.80. The van der Waals surface area contributed by atoms with Crippen LogP contribution in [0.1, 0.15) is 24.1 Å². The minimum Gasteiger partial charge on any atom is -0.373 e. The fraction of sp³-hybridized carbons (Fsp3) is 0.700. The molecule has 2 aliphatic rings. The maximum atomic E-state index is 6.39. The van der Waals surface area contributed by atoms with Crippen LogP contribution >= 0.6 is 11.3 Å². The van der Waals surface area contributed by atoms with Crippen LogP contribution in [0.25, 0.3) is 0 Å². The Morgan fingerprint density at radius 1 is 1.64 bits per heavy atom. The first-order valence-corrected chi connectivity index (χ1v) is 5.96. The molecular formula is C10H14N2OS. The van der Waals surface area contributed by atoms with E-state index in [0.717, 1.165) is 19.3 Å². The van der Waals surface area contributed by atoms with E-state index in [-0.39, 0.29) is 11.6 Å². The topological polar surface area (TPSA) is 48.1 Å². The molecule has 4 heteroatoms. The summed E-state index contributed by atoms with van der Waals surface area (Å²) in [6, 6.07) is 0. The normalized spacial score (nSPS) is 40.6. The molecular weight excluding hydrogens is 196 g/mol. The molecule has 0 amide bonds. The van der Waals surface area contributed by atoms with Crippen molar-refractivity contribution in [3.8, 4) is 0 Å². The lowest BCUT2D eigenvalue weighted by atomic mass is 9.80. The first-order chi connectivity index (χ1) is 6.76. The van der Waals surface area contributed by atoms with Crippen molar-refractivity contribution in [2.24, 2.45) is 5.73 Å². The molecule has 0 aromatic carbocycles. The Kier molecular flexibility index (Phi) is 1.90. The summed E-state index contributed by atoms with van der Waals surface area (Å²) in [5.41, 5.74) is 8.14. The molecule has 3 rings (SSSR count). The summed E-state index contributed by atoms with van der Waals surface area (Å²) in [4.78, 5) is 5.36. The zero-order valence-electron chi connectivity index (χ0n) is 7.98. The largest absolute Gasteiger partial charge is 0.373 e. The molecule has 0 spiro atoms. The molecule has 3 atom stereocenters. The van der Waals surface area contributed by atoms with Gasteiger partial charge in [0.05, 0.1) is 17.7 Å². The van der Waals surface area contributed by atoms with E-state index in [1.807, 2.05) is 11.7 Å². The van der Waals surface area contributed by atoms with E-state index >= 15 is 0 Å². The molecule has 2 aliphatic heterocycles. The Hall–Kier alpha value is -0.450. The predicted molar refractivity (Wildman–Crippen MR) is 55.2 cm³/mol. The molecule has 2 N–H and O–H groups in total. The van der Waals surface area contributed by atoms with Crippen LogP contribution < -0.4 is 5.73 Å². The predicted octanol–water partition coefficient (Wildman–Crippen LogP) is 1.33. The number of nitrogens with two attached hydrogens (primary N) is 1. The minimum absolute atomic E-state index is 0.116. The van der Waals surface area contributed by atoms with Crippen molar-refractivity contribution in [1.82, 2.24) is 4.98 Å². The summed E-state index contributed by atoms with van der Waals surface area (Å²) in [6.07, 6.45) is 6.93. The highest BCUT2D eigenvalue weighted by Gasteiger charge is 2.49.